The number of rotatable bonds is 2. The summed E-state index contributed by atoms with van der Waals surface area (Å²) in [6.45, 7) is 4.12. The van der Waals surface area contributed by atoms with E-state index in [9.17, 15) is 0 Å². The number of nitrogens with one attached hydrogen (secondary N) is 1. The third-order valence-electron chi connectivity index (χ3n) is 3.74. The molecule has 1 aliphatic rings. The van der Waals surface area contributed by atoms with Crippen LogP contribution in [0.5, 0.6) is 5.75 Å². The number of aromatic nitrogens is 5. The number of aromatic amines is 1. The lowest BCUT2D eigenvalue weighted by molar-refractivity contribution is 0.0725. The lowest BCUT2D eigenvalue weighted by atomic mass is 9.84. The van der Waals surface area contributed by atoms with Crippen molar-refractivity contribution in [3.63, 3.8) is 0 Å². The Bertz CT molecular complexity index is 794. The van der Waals surface area contributed by atoms with E-state index >= 15 is 0 Å². The van der Waals surface area contributed by atoms with Crippen LogP contribution in [0.25, 0.3) is 11.6 Å². The van der Waals surface area contributed by atoms with Gasteiger partial charge in [-0.05, 0) is 19.9 Å². The summed E-state index contributed by atoms with van der Waals surface area (Å²) in [7, 11) is 0. The molecule has 3 aromatic rings. The molecule has 0 spiro atoms. The molecule has 0 saturated carbocycles. The zero-order valence-electron chi connectivity index (χ0n) is 12.3. The van der Waals surface area contributed by atoms with Crippen LogP contribution in [-0.4, -0.2) is 30.9 Å². The molecule has 1 unspecified atom stereocenters. The lowest BCUT2D eigenvalue weighted by Crippen LogP contribution is -2.35. The van der Waals surface area contributed by atoms with Gasteiger partial charge in [0.05, 0.1) is 5.92 Å². The quantitative estimate of drug-likeness (QED) is 0.781. The summed E-state index contributed by atoms with van der Waals surface area (Å²) in [5.74, 6) is 2.34. The second-order valence-corrected chi connectivity index (χ2v) is 5.95. The molecule has 0 bridgehead atoms. The summed E-state index contributed by atoms with van der Waals surface area (Å²) in [5, 5.41) is 10.5. The first kappa shape index (κ1) is 13.0. The van der Waals surface area contributed by atoms with E-state index in [1.54, 1.807) is 0 Å². The van der Waals surface area contributed by atoms with Crippen LogP contribution >= 0.6 is 0 Å². The van der Waals surface area contributed by atoms with Gasteiger partial charge in [-0.25, -0.2) is 4.98 Å². The largest absolute Gasteiger partial charge is 0.488 e. The Kier molecular flexibility index (Phi) is 2.75. The Morgan fingerprint density at radius 1 is 1.27 bits per heavy atom. The summed E-state index contributed by atoms with van der Waals surface area (Å²) in [5.41, 5.74) is 0.773. The summed E-state index contributed by atoms with van der Waals surface area (Å²) < 4.78 is 11.5. The van der Waals surface area contributed by atoms with Gasteiger partial charge < -0.3 is 9.26 Å². The van der Waals surface area contributed by atoms with Crippen molar-refractivity contribution in [2.24, 2.45) is 0 Å². The molecule has 1 atom stereocenters. The molecule has 4 rings (SSSR count). The molecule has 0 saturated heterocycles. The standard InChI is InChI=1S/C15H15N5O2/c1-15(2)7-10(9-5-3-4-6-11(9)21-15)14-18-13(20-22-14)12-16-8-17-19-12/h3-6,8,10H,7H2,1-2H3,(H,16,17,19). The van der Waals surface area contributed by atoms with Gasteiger partial charge in [-0.15, -0.1) is 0 Å². The van der Waals surface area contributed by atoms with E-state index in [4.69, 9.17) is 9.26 Å². The van der Waals surface area contributed by atoms with Gasteiger partial charge in [0.1, 0.15) is 17.7 Å². The molecule has 1 N–H and O–H groups in total. The minimum atomic E-state index is -0.292. The molecule has 2 aromatic heterocycles. The third-order valence-corrected chi connectivity index (χ3v) is 3.74. The van der Waals surface area contributed by atoms with Crippen molar-refractivity contribution in [2.45, 2.75) is 31.8 Å². The number of hydrogen-bond acceptors (Lipinski definition) is 6. The van der Waals surface area contributed by atoms with E-state index in [-0.39, 0.29) is 11.5 Å². The molecule has 7 nitrogen and oxygen atoms in total. The Morgan fingerprint density at radius 3 is 2.95 bits per heavy atom. The van der Waals surface area contributed by atoms with Crippen molar-refractivity contribution >= 4 is 0 Å². The normalized spacial score (nSPS) is 19.5. The molecule has 1 aromatic carbocycles. The maximum atomic E-state index is 6.03. The predicted octanol–water partition coefficient (Wildman–Crippen LogP) is 2.55. The number of hydrogen-bond donors (Lipinski definition) is 1. The summed E-state index contributed by atoms with van der Waals surface area (Å²) in [6.07, 6.45) is 2.18. The SMILES string of the molecule is CC1(C)CC(c2nc(-c3ncn[nH]3)no2)c2ccccc2O1. The topological polar surface area (TPSA) is 89.7 Å². The summed E-state index contributed by atoms with van der Waals surface area (Å²) >= 11 is 0. The lowest BCUT2D eigenvalue weighted by Gasteiger charge is -2.36. The first-order valence-corrected chi connectivity index (χ1v) is 7.10. The average molecular weight is 297 g/mol. The van der Waals surface area contributed by atoms with Crippen molar-refractivity contribution in [3.05, 3.63) is 42.0 Å². The number of H-pyrrole nitrogens is 1. The van der Waals surface area contributed by atoms with E-state index in [0.29, 0.717) is 17.5 Å². The van der Waals surface area contributed by atoms with Crippen LogP contribution < -0.4 is 4.74 Å². The third kappa shape index (κ3) is 2.14. The van der Waals surface area contributed by atoms with Gasteiger partial charge >= 0.3 is 0 Å². The highest BCUT2D eigenvalue weighted by atomic mass is 16.5. The van der Waals surface area contributed by atoms with Crippen LogP contribution in [0.2, 0.25) is 0 Å². The van der Waals surface area contributed by atoms with E-state index in [1.165, 1.54) is 6.33 Å². The number of fused-ring (bicyclic) bond motifs is 1. The minimum absolute atomic E-state index is 0.00382. The summed E-state index contributed by atoms with van der Waals surface area (Å²) in [4.78, 5) is 8.52. The van der Waals surface area contributed by atoms with Gasteiger partial charge in [-0.1, -0.05) is 23.4 Å². The van der Waals surface area contributed by atoms with Gasteiger partial charge in [-0.3, -0.25) is 5.10 Å². The molecular formula is C15H15N5O2. The van der Waals surface area contributed by atoms with Gasteiger partial charge in [0, 0.05) is 12.0 Å². The van der Waals surface area contributed by atoms with E-state index < -0.39 is 0 Å². The van der Waals surface area contributed by atoms with Crippen LogP contribution in [0, 0.1) is 0 Å². The van der Waals surface area contributed by atoms with Gasteiger partial charge in [0.2, 0.25) is 11.7 Å². The van der Waals surface area contributed by atoms with Crippen LogP contribution in [0.3, 0.4) is 0 Å². The molecule has 0 radical (unpaired) electrons. The fourth-order valence-corrected chi connectivity index (χ4v) is 2.81. The number of benzene rings is 1. The zero-order valence-corrected chi connectivity index (χ0v) is 12.3. The molecule has 7 heteroatoms. The molecule has 3 heterocycles. The second kappa shape index (κ2) is 4.66. The van der Waals surface area contributed by atoms with Crippen LogP contribution in [0.1, 0.15) is 37.6 Å². The van der Waals surface area contributed by atoms with Crippen molar-refractivity contribution in [1.29, 1.82) is 0 Å². The van der Waals surface area contributed by atoms with Crippen molar-refractivity contribution in [2.75, 3.05) is 0 Å². The summed E-state index contributed by atoms with van der Waals surface area (Å²) in [6, 6.07) is 7.96. The first-order chi connectivity index (χ1) is 10.6. The first-order valence-electron chi connectivity index (χ1n) is 7.10. The Balaban J connectivity index is 1.76. The molecule has 112 valence electrons. The van der Waals surface area contributed by atoms with E-state index in [0.717, 1.165) is 17.7 Å². The van der Waals surface area contributed by atoms with Crippen LogP contribution in [-0.2, 0) is 0 Å². The highest BCUT2D eigenvalue weighted by molar-refractivity contribution is 5.44. The molecule has 0 aliphatic carbocycles. The van der Waals surface area contributed by atoms with Crippen LogP contribution in [0.15, 0.2) is 35.1 Å². The maximum Gasteiger partial charge on any atom is 0.239 e. The molecule has 0 amide bonds. The Morgan fingerprint density at radius 2 is 2.14 bits per heavy atom. The maximum absolute atomic E-state index is 6.03. The highest BCUT2D eigenvalue weighted by Gasteiger charge is 2.37. The second-order valence-electron chi connectivity index (χ2n) is 5.95. The monoisotopic (exact) mass is 297 g/mol. The molecule has 1 aliphatic heterocycles. The van der Waals surface area contributed by atoms with E-state index in [2.05, 4.69) is 39.2 Å². The molecule has 22 heavy (non-hydrogen) atoms. The minimum Gasteiger partial charge on any atom is -0.488 e. The zero-order chi connectivity index (χ0) is 15.2. The highest BCUT2D eigenvalue weighted by Crippen LogP contribution is 2.43. The smallest absolute Gasteiger partial charge is 0.239 e. The average Bonchev–Trinajstić information content (AvgIpc) is 3.16. The fraction of sp³-hybridized carbons (Fsp3) is 0.333. The van der Waals surface area contributed by atoms with Crippen LogP contribution in [0.4, 0.5) is 0 Å². The number of nitrogens with zero attached hydrogens (tertiary/aromatic N) is 4. The van der Waals surface area contributed by atoms with Crippen molar-refractivity contribution < 1.29 is 9.26 Å². The van der Waals surface area contributed by atoms with Crippen molar-refractivity contribution in [1.82, 2.24) is 25.3 Å². The van der Waals surface area contributed by atoms with Gasteiger partial charge in [-0.2, -0.15) is 10.1 Å². The number of para-hydroxylation sites is 1. The van der Waals surface area contributed by atoms with Gasteiger partial charge in [0.25, 0.3) is 0 Å². The predicted molar refractivity (Wildman–Crippen MR) is 77.3 cm³/mol. The molecule has 0 fully saturated rings. The van der Waals surface area contributed by atoms with Gasteiger partial charge in [0.15, 0.2) is 5.82 Å². The number of ether oxygens (including phenoxy) is 1. The van der Waals surface area contributed by atoms with Crippen molar-refractivity contribution in [3.8, 4) is 17.4 Å². The Hall–Kier alpha value is -2.70. The molecular weight excluding hydrogens is 282 g/mol. The fourth-order valence-electron chi connectivity index (χ4n) is 2.81. The van der Waals surface area contributed by atoms with E-state index in [1.807, 2.05) is 24.3 Å². The Labute approximate surface area is 126 Å².